The molecular formula is C27H26N6O2S2. The molecule has 1 saturated heterocycles. The predicted molar refractivity (Wildman–Crippen MR) is 145 cm³/mol. The SMILES string of the molecule is CN1CCc2nc(NC(=O)c3cccc([C@H]4CCCN4C(=O)c4ccc(-c5csnn5)cc4)c3)sc2C1. The van der Waals surface area contributed by atoms with Crippen molar-refractivity contribution >= 4 is 39.8 Å². The van der Waals surface area contributed by atoms with E-state index in [1.54, 1.807) is 11.3 Å². The molecule has 4 heterocycles. The van der Waals surface area contributed by atoms with Crippen LogP contribution in [0.4, 0.5) is 5.13 Å². The third kappa shape index (κ3) is 4.92. The molecule has 0 unspecified atom stereocenters. The number of likely N-dealkylation sites (tertiary alicyclic amines) is 1. The molecule has 0 radical (unpaired) electrons. The lowest BCUT2D eigenvalue weighted by Crippen LogP contribution is -2.30. The number of hydrogen-bond donors (Lipinski definition) is 1. The fourth-order valence-corrected chi connectivity index (χ4v) is 6.58. The Hall–Kier alpha value is -3.47. The average molecular weight is 531 g/mol. The molecule has 2 amide bonds. The molecule has 10 heteroatoms. The highest BCUT2D eigenvalue weighted by Crippen LogP contribution is 2.34. The van der Waals surface area contributed by atoms with Crippen LogP contribution in [-0.2, 0) is 13.0 Å². The minimum atomic E-state index is -0.177. The molecule has 1 atom stereocenters. The molecule has 37 heavy (non-hydrogen) atoms. The van der Waals surface area contributed by atoms with Crippen molar-refractivity contribution in [3.63, 3.8) is 0 Å². The molecule has 0 spiro atoms. The summed E-state index contributed by atoms with van der Waals surface area (Å²) in [5, 5.41) is 9.61. The van der Waals surface area contributed by atoms with E-state index in [4.69, 9.17) is 0 Å². The summed E-state index contributed by atoms with van der Waals surface area (Å²) >= 11 is 2.85. The van der Waals surface area contributed by atoms with E-state index >= 15 is 0 Å². The van der Waals surface area contributed by atoms with Crippen LogP contribution in [0, 0.1) is 0 Å². The molecule has 2 aromatic heterocycles. The second kappa shape index (κ2) is 10.1. The first kappa shape index (κ1) is 23.9. The maximum atomic E-state index is 13.4. The molecule has 2 aliphatic heterocycles. The molecule has 188 valence electrons. The van der Waals surface area contributed by atoms with Crippen molar-refractivity contribution in [2.45, 2.75) is 31.8 Å². The van der Waals surface area contributed by atoms with Crippen LogP contribution in [0.15, 0.2) is 53.9 Å². The van der Waals surface area contributed by atoms with Crippen molar-refractivity contribution < 1.29 is 9.59 Å². The van der Waals surface area contributed by atoms with Gasteiger partial charge < -0.3 is 9.80 Å². The minimum absolute atomic E-state index is 0.00126. The molecule has 4 aromatic rings. The first-order valence-electron chi connectivity index (χ1n) is 12.3. The lowest BCUT2D eigenvalue weighted by Gasteiger charge is -2.25. The normalized spacial score (nSPS) is 17.5. The summed E-state index contributed by atoms with van der Waals surface area (Å²) in [5.41, 5.74) is 5.03. The number of carbonyl (C=O) groups is 2. The Kier molecular flexibility index (Phi) is 6.54. The van der Waals surface area contributed by atoms with Crippen LogP contribution in [-0.4, -0.2) is 56.3 Å². The molecule has 1 N–H and O–H groups in total. The van der Waals surface area contributed by atoms with E-state index < -0.39 is 0 Å². The van der Waals surface area contributed by atoms with E-state index in [2.05, 4.69) is 31.8 Å². The van der Waals surface area contributed by atoms with Gasteiger partial charge in [0, 0.05) is 53.0 Å². The zero-order valence-corrected chi connectivity index (χ0v) is 22.0. The lowest BCUT2D eigenvalue weighted by molar-refractivity contribution is 0.0735. The summed E-state index contributed by atoms with van der Waals surface area (Å²) in [7, 11) is 2.10. The van der Waals surface area contributed by atoms with E-state index in [-0.39, 0.29) is 17.9 Å². The Labute approximate surface area is 223 Å². The van der Waals surface area contributed by atoms with E-state index in [0.717, 1.165) is 54.9 Å². The van der Waals surface area contributed by atoms with E-state index in [1.807, 2.05) is 58.8 Å². The standard InChI is InChI=1S/C27H26N6O2S2/c1-32-13-11-21-24(15-32)37-27(28-21)29-25(34)20-5-2-4-19(14-20)23-6-3-12-33(23)26(35)18-9-7-17(8-10-18)22-16-36-31-30-22/h2,4-5,7-10,14,16,23H,3,6,11-13,15H2,1H3,(H,28,29,34)/t23-/m1/s1. The number of likely N-dealkylation sites (N-methyl/N-ethyl adjacent to an activating group) is 1. The van der Waals surface area contributed by atoms with E-state index in [0.29, 0.717) is 22.8 Å². The van der Waals surface area contributed by atoms with Gasteiger partial charge in [-0.1, -0.05) is 28.8 Å². The molecular weight excluding hydrogens is 504 g/mol. The number of aromatic nitrogens is 3. The molecule has 6 rings (SSSR count). The summed E-state index contributed by atoms with van der Waals surface area (Å²) in [4.78, 5) is 36.5. The highest BCUT2D eigenvalue weighted by Gasteiger charge is 2.31. The first-order valence-corrected chi connectivity index (χ1v) is 14.0. The van der Waals surface area contributed by atoms with Gasteiger partial charge in [-0.05, 0) is 61.3 Å². The number of anilines is 1. The van der Waals surface area contributed by atoms with Gasteiger partial charge in [-0.3, -0.25) is 14.9 Å². The quantitative estimate of drug-likeness (QED) is 0.396. The Balaban J connectivity index is 1.17. The minimum Gasteiger partial charge on any atom is -0.332 e. The third-order valence-corrected chi connectivity index (χ3v) is 8.48. The molecule has 2 aromatic carbocycles. The van der Waals surface area contributed by atoms with E-state index in [9.17, 15) is 9.59 Å². The van der Waals surface area contributed by atoms with Gasteiger partial charge in [0.05, 0.1) is 11.7 Å². The van der Waals surface area contributed by atoms with Crippen LogP contribution in [0.1, 0.15) is 55.7 Å². The fourth-order valence-electron chi connectivity index (χ4n) is 5.03. The van der Waals surface area contributed by atoms with Gasteiger partial charge in [-0.2, -0.15) is 0 Å². The van der Waals surface area contributed by atoms with Crippen molar-refractivity contribution in [3.8, 4) is 11.3 Å². The monoisotopic (exact) mass is 530 g/mol. The molecule has 8 nitrogen and oxygen atoms in total. The lowest BCUT2D eigenvalue weighted by atomic mass is 10.0. The van der Waals surface area contributed by atoms with Gasteiger partial charge in [-0.15, -0.1) is 16.4 Å². The Morgan fingerprint density at radius 2 is 1.95 bits per heavy atom. The molecule has 0 saturated carbocycles. The summed E-state index contributed by atoms with van der Waals surface area (Å²) in [5.74, 6) is -0.178. The second-order valence-electron chi connectivity index (χ2n) is 9.48. The van der Waals surface area contributed by atoms with Crippen LogP contribution in [0.2, 0.25) is 0 Å². The number of nitrogens with zero attached hydrogens (tertiary/aromatic N) is 5. The Morgan fingerprint density at radius 3 is 2.76 bits per heavy atom. The fraction of sp³-hybridized carbons (Fsp3) is 0.296. The van der Waals surface area contributed by atoms with Crippen molar-refractivity contribution in [1.82, 2.24) is 24.4 Å². The highest BCUT2D eigenvalue weighted by molar-refractivity contribution is 7.15. The van der Waals surface area contributed by atoms with E-state index in [1.165, 1.54) is 16.4 Å². The first-order chi connectivity index (χ1) is 18.0. The van der Waals surface area contributed by atoms with Gasteiger partial charge >= 0.3 is 0 Å². The number of hydrogen-bond acceptors (Lipinski definition) is 8. The number of fused-ring (bicyclic) bond motifs is 1. The van der Waals surface area contributed by atoms with Crippen LogP contribution in [0.25, 0.3) is 11.3 Å². The van der Waals surface area contributed by atoms with Crippen molar-refractivity contribution in [3.05, 3.63) is 81.2 Å². The van der Waals surface area contributed by atoms with Gasteiger partial charge in [0.2, 0.25) is 0 Å². The zero-order chi connectivity index (χ0) is 25.4. The number of carbonyl (C=O) groups excluding carboxylic acids is 2. The topological polar surface area (TPSA) is 91.3 Å². The predicted octanol–water partition coefficient (Wildman–Crippen LogP) is 4.88. The summed E-state index contributed by atoms with van der Waals surface area (Å²) < 4.78 is 3.91. The molecule has 2 aliphatic rings. The highest BCUT2D eigenvalue weighted by atomic mass is 32.1. The van der Waals surface area contributed by atoms with Crippen molar-refractivity contribution in [2.24, 2.45) is 0 Å². The number of amides is 2. The smallest absolute Gasteiger partial charge is 0.257 e. The summed E-state index contributed by atoms with van der Waals surface area (Å²) in [6.45, 7) is 2.54. The maximum absolute atomic E-state index is 13.4. The summed E-state index contributed by atoms with van der Waals surface area (Å²) in [6, 6.07) is 15.1. The Bertz CT molecular complexity index is 1430. The number of nitrogens with one attached hydrogen (secondary N) is 1. The van der Waals surface area contributed by atoms with Crippen LogP contribution in [0.3, 0.4) is 0 Å². The van der Waals surface area contributed by atoms with Gasteiger partial charge in [0.1, 0.15) is 5.69 Å². The maximum Gasteiger partial charge on any atom is 0.257 e. The van der Waals surface area contributed by atoms with Crippen molar-refractivity contribution in [1.29, 1.82) is 0 Å². The third-order valence-electron chi connectivity index (χ3n) is 6.98. The summed E-state index contributed by atoms with van der Waals surface area (Å²) in [6.07, 6.45) is 2.70. The zero-order valence-electron chi connectivity index (χ0n) is 20.4. The Morgan fingerprint density at radius 1 is 1.08 bits per heavy atom. The van der Waals surface area contributed by atoms with Gasteiger partial charge in [0.15, 0.2) is 5.13 Å². The van der Waals surface area contributed by atoms with Gasteiger partial charge in [0.25, 0.3) is 11.8 Å². The number of rotatable bonds is 5. The second-order valence-corrected chi connectivity index (χ2v) is 11.2. The average Bonchev–Trinajstić information content (AvgIpc) is 3.69. The van der Waals surface area contributed by atoms with Gasteiger partial charge in [-0.25, -0.2) is 4.98 Å². The number of thiazole rings is 1. The molecule has 0 bridgehead atoms. The van der Waals surface area contributed by atoms with Crippen LogP contribution in [0.5, 0.6) is 0 Å². The molecule has 1 fully saturated rings. The molecule has 0 aliphatic carbocycles. The number of benzene rings is 2. The van der Waals surface area contributed by atoms with Crippen molar-refractivity contribution in [2.75, 3.05) is 25.5 Å². The van der Waals surface area contributed by atoms with Crippen LogP contribution < -0.4 is 5.32 Å². The largest absolute Gasteiger partial charge is 0.332 e. The van der Waals surface area contributed by atoms with Crippen LogP contribution >= 0.6 is 22.9 Å².